The predicted octanol–water partition coefficient (Wildman–Crippen LogP) is 2.10. The molecule has 0 atom stereocenters. The first-order valence-electron chi connectivity index (χ1n) is 4.30. The highest BCUT2D eigenvalue weighted by atomic mass is 127. The van der Waals surface area contributed by atoms with Gasteiger partial charge in [0.1, 0.15) is 0 Å². The van der Waals surface area contributed by atoms with Crippen molar-refractivity contribution in [1.82, 2.24) is 0 Å². The van der Waals surface area contributed by atoms with E-state index in [0.717, 1.165) is 21.3 Å². The number of allylic oxidation sites excluding steroid dienone is 1. The van der Waals surface area contributed by atoms with Gasteiger partial charge in [0.25, 0.3) is 0 Å². The number of aliphatic imine (C=N–C) groups is 1. The lowest BCUT2D eigenvalue weighted by atomic mass is 10.1. The smallest absolute Gasteiger partial charge is 0.336 e. The van der Waals surface area contributed by atoms with E-state index >= 15 is 0 Å². The number of nitrogens with zero attached hydrogens (tertiary/aromatic N) is 1. The number of ether oxygens (including phenoxy) is 1. The fourth-order valence-corrected chi connectivity index (χ4v) is 2.11. The molecule has 1 rings (SSSR count). The minimum absolute atomic E-state index is 0.213. The highest BCUT2D eigenvalue weighted by Gasteiger charge is 2.22. The van der Waals surface area contributed by atoms with Gasteiger partial charge < -0.3 is 4.74 Å². The van der Waals surface area contributed by atoms with Gasteiger partial charge in [-0.2, -0.15) is 0 Å². The Morgan fingerprint density at radius 3 is 2.85 bits per heavy atom. The van der Waals surface area contributed by atoms with E-state index in [1.54, 1.807) is 0 Å². The average Bonchev–Trinajstić information content (AvgIpc) is 2.47. The number of rotatable bonds is 3. The van der Waals surface area contributed by atoms with Crippen LogP contribution in [-0.4, -0.2) is 22.8 Å². The van der Waals surface area contributed by atoms with Crippen LogP contribution in [0.15, 0.2) is 16.1 Å². The van der Waals surface area contributed by atoms with Crippen LogP contribution in [0.2, 0.25) is 0 Å². The van der Waals surface area contributed by atoms with E-state index in [0.29, 0.717) is 13.2 Å². The normalized spacial score (nSPS) is 16.1. The van der Waals surface area contributed by atoms with Crippen molar-refractivity contribution in [3.63, 3.8) is 0 Å². The highest BCUT2D eigenvalue weighted by molar-refractivity contribution is 14.1. The van der Waals surface area contributed by atoms with E-state index in [-0.39, 0.29) is 5.97 Å². The zero-order chi connectivity index (χ0) is 9.84. The molecule has 1 aliphatic rings. The fraction of sp³-hybridized carbons (Fsp3) is 0.556. The molecule has 4 heteroatoms. The quantitative estimate of drug-likeness (QED) is 0.590. The van der Waals surface area contributed by atoms with E-state index in [1.807, 2.05) is 13.8 Å². The maximum absolute atomic E-state index is 11.4. The Bertz CT molecular complexity index is 281. The van der Waals surface area contributed by atoms with Crippen molar-refractivity contribution in [3.05, 3.63) is 11.1 Å². The molecule has 0 spiro atoms. The average molecular weight is 293 g/mol. The highest BCUT2D eigenvalue weighted by Crippen LogP contribution is 2.22. The Hall–Kier alpha value is -0.390. The van der Waals surface area contributed by atoms with Crippen LogP contribution in [0.25, 0.3) is 0 Å². The molecule has 0 amide bonds. The summed E-state index contributed by atoms with van der Waals surface area (Å²) in [6, 6.07) is 0. The number of hydrogen-bond acceptors (Lipinski definition) is 3. The Labute approximate surface area is 91.4 Å². The minimum Gasteiger partial charge on any atom is -0.463 e. The van der Waals surface area contributed by atoms with E-state index in [2.05, 4.69) is 27.6 Å². The third-order valence-corrected chi connectivity index (χ3v) is 2.86. The lowest BCUT2D eigenvalue weighted by molar-refractivity contribution is -0.138. The molecule has 0 aromatic rings. The van der Waals surface area contributed by atoms with Gasteiger partial charge in [-0.25, -0.2) is 4.79 Å². The summed E-state index contributed by atoms with van der Waals surface area (Å²) in [5.74, 6) is -0.213. The van der Waals surface area contributed by atoms with Crippen LogP contribution in [0.5, 0.6) is 0 Å². The summed E-state index contributed by atoms with van der Waals surface area (Å²) in [5.41, 5.74) is 1.77. The second-order valence-corrected chi connectivity index (χ2v) is 3.66. The summed E-state index contributed by atoms with van der Waals surface area (Å²) in [6.07, 6.45) is 0.843. The summed E-state index contributed by atoms with van der Waals surface area (Å²) < 4.78 is 5.88. The number of esters is 1. The summed E-state index contributed by atoms with van der Waals surface area (Å²) in [4.78, 5) is 15.6. The molecule has 72 valence electrons. The maximum atomic E-state index is 11.4. The first kappa shape index (κ1) is 10.7. The van der Waals surface area contributed by atoms with Crippen LogP contribution in [0, 0.1) is 0 Å². The van der Waals surface area contributed by atoms with Crippen LogP contribution < -0.4 is 0 Å². The van der Waals surface area contributed by atoms with Crippen molar-refractivity contribution in [1.29, 1.82) is 0 Å². The van der Waals surface area contributed by atoms with Crippen molar-refractivity contribution < 1.29 is 9.53 Å². The van der Waals surface area contributed by atoms with Gasteiger partial charge in [-0.05, 0) is 41.5 Å². The molecule has 0 fully saturated rings. The zero-order valence-corrected chi connectivity index (χ0v) is 9.92. The number of carbonyl (C=O) groups is 1. The van der Waals surface area contributed by atoms with Gasteiger partial charge in [-0.3, -0.25) is 4.99 Å². The van der Waals surface area contributed by atoms with Crippen LogP contribution >= 0.6 is 22.6 Å². The Kier molecular flexibility index (Phi) is 3.90. The molecular weight excluding hydrogens is 281 g/mol. The lowest BCUT2D eigenvalue weighted by Crippen LogP contribution is -2.10. The molecule has 0 saturated carbocycles. The standard InChI is InChI=1S/C9H12INO2/c1-3-6-7(5-11-8(6)10)9(12)13-4-2/h3-5H2,1-2H3. The topological polar surface area (TPSA) is 38.7 Å². The molecular formula is C9H12INO2. The van der Waals surface area contributed by atoms with Crippen molar-refractivity contribution in [2.75, 3.05) is 13.2 Å². The zero-order valence-electron chi connectivity index (χ0n) is 7.76. The van der Waals surface area contributed by atoms with Crippen LogP contribution in [-0.2, 0) is 9.53 Å². The second kappa shape index (κ2) is 4.74. The molecule has 0 radical (unpaired) electrons. The van der Waals surface area contributed by atoms with Crippen molar-refractivity contribution in [2.45, 2.75) is 20.3 Å². The molecule has 0 unspecified atom stereocenters. The van der Waals surface area contributed by atoms with Crippen LogP contribution in [0.3, 0.4) is 0 Å². The first-order valence-corrected chi connectivity index (χ1v) is 5.38. The summed E-state index contributed by atoms with van der Waals surface area (Å²) in [7, 11) is 0. The van der Waals surface area contributed by atoms with E-state index in [1.165, 1.54) is 0 Å². The molecule has 13 heavy (non-hydrogen) atoms. The largest absolute Gasteiger partial charge is 0.463 e. The van der Waals surface area contributed by atoms with E-state index in [4.69, 9.17) is 4.74 Å². The third-order valence-electron chi connectivity index (χ3n) is 1.86. The molecule has 0 N–H and O–H groups in total. The van der Waals surface area contributed by atoms with E-state index in [9.17, 15) is 4.79 Å². The number of hydrogen-bond donors (Lipinski definition) is 0. The molecule has 0 aliphatic carbocycles. The lowest BCUT2D eigenvalue weighted by Gasteiger charge is -2.03. The molecule has 1 heterocycles. The fourth-order valence-electron chi connectivity index (χ4n) is 1.23. The third kappa shape index (κ3) is 2.30. The van der Waals surface area contributed by atoms with Gasteiger partial charge in [-0.1, -0.05) is 6.92 Å². The van der Waals surface area contributed by atoms with Gasteiger partial charge in [0.2, 0.25) is 0 Å². The second-order valence-electron chi connectivity index (χ2n) is 2.64. The van der Waals surface area contributed by atoms with Gasteiger partial charge in [-0.15, -0.1) is 0 Å². The van der Waals surface area contributed by atoms with Gasteiger partial charge >= 0.3 is 5.97 Å². The molecule has 0 aromatic carbocycles. The van der Waals surface area contributed by atoms with Gasteiger partial charge in [0.05, 0.1) is 22.4 Å². The monoisotopic (exact) mass is 293 g/mol. The first-order chi connectivity index (χ1) is 6.20. The molecule has 3 nitrogen and oxygen atoms in total. The van der Waals surface area contributed by atoms with Crippen molar-refractivity contribution in [3.8, 4) is 0 Å². The van der Waals surface area contributed by atoms with Gasteiger partial charge in [0, 0.05) is 0 Å². The Balaban J connectivity index is 2.81. The Morgan fingerprint density at radius 2 is 2.31 bits per heavy atom. The van der Waals surface area contributed by atoms with Crippen LogP contribution in [0.1, 0.15) is 20.3 Å². The minimum atomic E-state index is -0.213. The van der Waals surface area contributed by atoms with Crippen molar-refractivity contribution in [2.24, 2.45) is 4.99 Å². The molecule has 0 aromatic heterocycles. The summed E-state index contributed by atoms with van der Waals surface area (Å²) in [5, 5.41) is 0. The Morgan fingerprint density at radius 1 is 1.62 bits per heavy atom. The predicted molar refractivity (Wildman–Crippen MR) is 60.3 cm³/mol. The maximum Gasteiger partial charge on any atom is 0.336 e. The van der Waals surface area contributed by atoms with Crippen LogP contribution in [0.4, 0.5) is 0 Å². The summed E-state index contributed by atoms with van der Waals surface area (Å²) >= 11 is 2.16. The summed E-state index contributed by atoms with van der Waals surface area (Å²) in [6.45, 7) is 4.75. The van der Waals surface area contributed by atoms with Crippen molar-refractivity contribution >= 4 is 32.3 Å². The number of carbonyl (C=O) groups excluding carboxylic acids is 1. The molecule has 0 bridgehead atoms. The SMILES string of the molecule is CCOC(=O)C1=C(CC)C(I)=NC1. The molecule has 1 aliphatic heterocycles. The number of halogens is 1. The van der Waals surface area contributed by atoms with E-state index < -0.39 is 0 Å². The van der Waals surface area contributed by atoms with Gasteiger partial charge in [0.15, 0.2) is 0 Å². The molecule has 0 saturated heterocycles.